The Morgan fingerprint density at radius 1 is 1.38 bits per heavy atom. The third-order valence-corrected chi connectivity index (χ3v) is 3.92. The Labute approximate surface area is 127 Å². The Morgan fingerprint density at radius 3 is 2.95 bits per heavy atom. The number of rotatable bonds is 5. The molecule has 1 N–H and O–H groups in total. The average Bonchev–Trinajstić information content (AvgIpc) is 3.18. The van der Waals surface area contributed by atoms with Gasteiger partial charge in [0.05, 0.1) is 11.9 Å². The van der Waals surface area contributed by atoms with Gasteiger partial charge in [0.1, 0.15) is 5.69 Å². The van der Waals surface area contributed by atoms with E-state index in [4.69, 9.17) is 0 Å². The van der Waals surface area contributed by atoms with Crippen molar-refractivity contribution in [3.63, 3.8) is 0 Å². The van der Waals surface area contributed by atoms with Gasteiger partial charge in [0.25, 0.3) is 0 Å². The Bertz CT molecular complexity index is 723. The van der Waals surface area contributed by atoms with Crippen LogP contribution in [0.2, 0.25) is 0 Å². The first-order valence-corrected chi connectivity index (χ1v) is 7.83. The Hall–Kier alpha value is -2.15. The maximum Gasteiger partial charge on any atom is 0.187 e. The van der Waals surface area contributed by atoms with Gasteiger partial charge in [-0.3, -0.25) is 4.68 Å². The van der Waals surface area contributed by atoms with E-state index in [9.17, 15) is 0 Å². The van der Waals surface area contributed by atoms with E-state index in [0.29, 0.717) is 6.04 Å². The third-order valence-electron chi connectivity index (χ3n) is 3.17. The number of hydrogen-bond acceptors (Lipinski definition) is 5. The zero-order valence-corrected chi connectivity index (χ0v) is 13.1. The highest BCUT2D eigenvalue weighted by Crippen LogP contribution is 2.27. The molecule has 3 aromatic heterocycles. The van der Waals surface area contributed by atoms with Crippen LogP contribution < -0.4 is 5.32 Å². The lowest BCUT2D eigenvalue weighted by atomic mass is 10.3. The van der Waals surface area contributed by atoms with Crippen LogP contribution in [0.5, 0.6) is 0 Å². The number of aromatic nitrogens is 5. The van der Waals surface area contributed by atoms with Crippen molar-refractivity contribution in [3.8, 4) is 11.5 Å². The zero-order chi connectivity index (χ0) is 14.8. The van der Waals surface area contributed by atoms with Gasteiger partial charge in [-0.1, -0.05) is 0 Å². The first-order chi connectivity index (χ1) is 10.2. The molecule has 0 radical (unpaired) electrons. The Balaban J connectivity index is 1.81. The first-order valence-electron chi connectivity index (χ1n) is 6.95. The van der Waals surface area contributed by atoms with Gasteiger partial charge in [-0.2, -0.15) is 5.10 Å². The predicted octanol–water partition coefficient (Wildman–Crippen LogP) is 3.55. The van der Waals surface area contributed by atoms with Crippen molar-refractivity contribution in [2.45, 2.75) is 33.4 Å². The van der Waals surface area contributed by atoms with Gasteiger partial charge >= 0.3 is 0 Å². The van der Waals surface area contributed by atoms with Gasteiger partial charge in [-0.05, 0) is 20.8 Å². The van der Waals surface area contributed by atoms with Crippen LogP contribution in [0, 0.1) is 0 Å². The highest BCUT2D eigenvalue weighted by molar-refractivity contribution is 7.14. The molecular formula is C14H18N6S. The van der Waals surface area contributed by atoms with E-state index in [1.807, 2.05) is 28.7 Å². The maximum absolute atomic E-state index is 4.61. The number of anilines is 2. The summed E-state index contributed by atoms with van der Waals surface area (Å²) in [5.41, 5.74) is 1.84. The second kappa shape index (κ2) is 5.69. The smallest absolute Gasteiger partial charge is 0.187 e. The summed E-state index contributed by atoms with van der Waals surface area (Å²) in [4.78, 5) is 9.02. The van der Waals surface area contributed by atoms with Crippen molar-refractivity contribution in [2.75, 3.05) is 5.32 Å². The van der Waals surface area contributed by atoms with Crippen molar-refractivity contribution >= 4 is 22.2 Å². The number of aryl methyl sites for hydroxylation is 1. The first kappa shape index (κ1) is 13.8. The summed E-state index contributed by atoms with van der Waals surface area (Å²) >= 11 is 1.57. The fourth-order valence-electron chi connectivity index (χ4n) is 2.09. The minimum Gasteiger partial charge on any atom is -0.329 e. The fourth-order valence-corrected chi connectivity index (χ4v) is 2.80. The summed E-state index contributed by atoms with van der Waals surface area (Å²) in [6.07, 6.45) is 7.57. The molecule has 6 nitrogen and oxygen atoms in total. The van der Waals surface area contributed by atoms with Crippen LogP contribution in [-0.4, -0.2) is 24.3 Å². The van der Waals surface area contributed by atoms with Crippen LogP contribution in [0.15, 0.2) is 30.2 Å². The van der Waals surface area contributed by atoms with Gasteiger partial charge < -0.3 is 9.88 Å². The Kier molecular flexibility index (Phi) is 3.74. The predicted molar refractivity (Wildman–Crippen MR) is 84.9 cm³/mol. The SMILES string of the molecule is CCn1cc(Nc2nc(-c3nccn3C(C)C)cs2)cn1. The number of imidazole rings is 1. The van der Waals surface area contributed by atoms with Crippen molar-refractivity contribution in [1.82, 2.24) is 24.3 Å². The number of nitrogens with one attached hydrogen (secondary N) is 1. The van der Waals surface area contributed by atoms with Gasteiger partial charge in [0, 0.05) is 36.6 Å². The van der Waals surface area contributed by atoms with Gasteiger partial charge in [-0.25, -0.2) is 9.97 Å². The van der Waals surface area contributed by atoms with E-state index in [0.717, 1.165) is 28.9 Å². The normalized spacial score (nSPS) is 11.2. The molecule has 0 saturated carbocycles. The summed E-state index contributed by atoms with van der Waals surface area (Å²) in [5, 5.41) is 10.4. The van der Waals surface area contributed by atoms with E-state index in [1.165, 1.54) is 0 Å². The lowest BCUT2D eigenvalue weighted by Gasteiger charge is -2.09. The van der Waals surface area contributed by atoms with Crippen LogP contribution in [-0.2, 0) is 6.54 Å². The molecule has 7 heteroatoms. The maximum atomic E-state index is 4.61. The standard InChI is InChI=1S/C14H18N6S/c1-4-19-8-11(7-16-19)17-14-18-12(9-21-14)13-15-5-6-20(13)10(2)3/h5-10H,4H2,1-3H3,(H,17,18). The van der Waals surface area contributed by atoms with Crippen LogP contribution >= 0.6 is 11.3 Å². The molecule has 0 spiro atoms. The Morgan fingerprint density at radius 2 is 2.24 bits per heavy atom. The lowest BCUT2D eigenvalue weighted by Crippen LogP contribution is -2.01. The summed E-state index contributed by atoms with van der Waals surface area (Å²) in [7, 11) is 0. The molecule has 0 bridgehead atoms. The highest BCUT2D eigenvalue weighted by Gasteiger charge is 2.12. The molecule has 0 aliphatic carbocycles. The molecule has 0 unspecified atom stereocenters. The topological polar surface area (TPSA) is 60.6 Å². The fraction of sp³-hybridized carbons (Fsp3) is 0.357. The van der Waals surface area contributed by atoms with Crippen LogP contribution in [0.3, 0.4) is 0 Å². The van der Waals surface area contributed by atoms with E-state index in [1.54, 1.807) is 17.5 Å². The second-order valence-corrected chi connectivity index (χ2v) is 5.86. The van der Waals surface area contributed by atoms with Crippen molar-refractivity contribution in [2.24, 2.45) is 0 Å². The van der Waals surface area contributed by atoms with E-state index in [-0.39, 0.29) is 0 Å². The molecule has 0 aliphatic heterocycles. The molecule has 3 rings (SSSR count). The number of hydrogen-bond donors (Lipinski definition) is 1. The molecule has 3 heterocycles. The van der Waals surface area contributed by atoms with Crippen molar-refractivity contribution < 1.29 is 0 Å². The molecule has 0 saturated heterocycles. The minimum absolute atomic E-state index is 0.364. The number of thiazole rings is 1. The summed E-state index contributed by atoms with van der Waals surface area (Å²) in [6, 6.07) is 0.364. The monoisotopic (exact) mass is 302 g/mol. The zero-order valence-electron chi connectivity index (χ0n) is 12.3. The molecule has 0 aromatic carbocycles. The summed E-state index contributed by atoms with van der Waals surface area (Å²) in [6.45, 7) is 7.19. The summed E-state index contributed by atoms with van der Waals surface area (Å²) in [5.74, 6) is 0.901. The molecule has 21 heavy (non-hydrogen) atoms. The van der Waals surface area contributed by atoms with Crippen LogP contribution in [0.1, 0.15) is 26.8 Å². The lowest BCUT2D eigenvalue weighted by molar-refractivity contribution is 0.605. The molecule has 0 aliphatic rings. The van der Waals surface area contributed by atoms with Crippen molar-refractivity contribution in [1.29, 1.82) is 0 Å². The molecule has 0 amide bonds. The highest BCUT2D eigenvalue weighted by atomic mass is 32.1. The summed E-state index contributed by atoms with van der Waals surface area (Å²) < 4.78 is 4.00. The van der Waals surface area contributed by atoms with E-state index in [2.05, 4.69) is 45.7 Å². The molecule has 3 aromatic rings. The van der Waals surface area contributed by atoms with Crippen LogP contribution in [0.4, 0.5) is 10.8 Å². The second-order valence-electron chi connectivity index (χ2n) is 5.00. The number of nitrogens with zero attached hydrogens (tertiary/aromatic N) is 5. The largest absolute Gasteiger partial charge is 0.329 e. The molecule has 0 fully saturated rings. The van der Waals surface area contributed by atoms with E-state index >= 15 is 0 Å². The van der Waals surface area contributed by atoms with Gasteiger partial charge in [-0.15, -0.1) is 11.3 Å². The average molecular weight is 302 g/mol. The minimum atomic E-state index is 0.364. The molecule has 110 valence electrons. The third kappa shape index (κ3) is 2.82. The van der Waals surface area contributed by atoms with Crippen molar-refractivity contribution in [3.05, 3.63) is 30.2 Å². The molecule has 0 atom stereocenters. The quantitative estimate of drug-likeness (QED) is 0.783. The van der Waals surface area contributed by atoms with E-state index < -0.39 is 0 Å². The van der Waals surface area contributed by atoms with Gasteiger partial charge in [0.15, 0.2) is 11.0 Å². The van der Waals surface area contributed by atoms with Gasteiger partial charge in [0.2, 0.25) is 0 Å². The van der Waals surface area contributed by atoms with Crippen LogP contribution in [0.25, 0.3) is 11.5 Å². The molecular weight excluding hydrogens is 284 g/mol.